The minimum atomic E-state index is -1.50. The van der Waals surface area contributed by atoms with Gasteiger partial charge in [-0.05, 0) is 12.1 Å². The van der Waals surface area contributed by atoms with E-state index in [1.807, 2.05) is 5.32 Å². The second-order valence-electron chi connectivity index (χ2n) is 4.89. The zero-order valence-corrected chi connectivity index (χ0v) is 12.2. The second-order valence-corrected chi connectivity index (χ2v) is 4.89. The average molecular weight is 321 g/mol. The van der Waals surface area contributed by atoms with Crippen molar-refractivity contribution in [2.24, 2.45) is 7.05 Å². The van der Waals surface area contributed by atoms with Crippen molar-refractivity contribution in [1.29, 1.82) is 0 Å². The van der Waals surface area contributed by atoms with Crippen molar-refractivity contribution in [1.82, 2.24) is 14.5 Å². The molecule has 2 aromatic rings. The minimum absolute atomic E-state index is 0.263. The highest BCUT2D eigenvalue weighted by Gasteiger charge is 2.20. The fraction of sp³-hybridized carbons (Fsp3) is 0.286. The maximum atomic E-state index is 12.3. The van der Waals surface area contributed by atoms with Gasteiger partial charge in [-0.2, -0.15) is 0 Å². The smallest absolute Gasteiger partial charge is 0.331 e. The Kier molecular flexibility index (Phi) is 4.60. The van der Waals surface area contributed by atoms with E-state index < -0.39 is 42.3 Å². The summed E-state index contributed by atoms with van der Waals surface area (Å²) in [6.45, 7) is -1.44. The summed E-state index contributed by atoms with van der Waals surface area (Å²) in [4.78, 5) is 47.2. The number of fused-ring (bicyclic) bond motifs is 1. The van der Waals surface area contributed by atoms with Crippen molar-refractivity contribution in [3.63, 3.8) is 0 Å². The molecule has 9 nitrogen and oxygen atoms in total. The molecule has 0 aliphatic carbocycles. The zero-order valence-electron chi connectivity index (χ0n) is 12.2. The topological polar surface area (TPSA) is 131 Å². The van der Waals surface area contributed by atoms with Gasteiger partial charge >= 0.3 is 11.7 Å². The van der Waals surface area contributed by atoms with Crippen LogP contribution >= 0.6 is 0 Å². The Balaban J connectivity index is 2.41. The van der Waals surface area contributed by atoms with Crippen LogP contribution < -0.4 is 16.6 Å². The number of hydrogen-bond donors (Lipinski definition) is 3. The van der Waals surface area contributed by atoms with Crippen molar-refractivity contribution >= 4 is 22.8 Å². The van der Waals surface area contributed by atoms with Gasteiger partial charge in [-0.3, -0.25) is 18.7 Å². The lowest BCUT2D eigenvalue weighted by atomic mass is 10.2. The Hall–Kier alpha value is -2.94. The van der Waals surface area contributed by atoms with E-state index >= 15 is 0 Å². The van der Waals surface area contributed by atoms with Crippen molar-refractivity contribution in [2.75, 3.05) is 6.61 Å². The molecule has 0 saturated heterocycles. The summed E-state index contributed by atoms with van der Waals surface area (Å²) in [6.07, 6.45) is 0. The van der Waals surface area contributed by atoms with Gasteiger partial charge in [0, 0.05) is 7.05 Å². The van der Waals surface area contributed by atoms with Crippen LogP contribution in [0.1, 0.15) is 0 Å². The van der Waals surface area contributed by atoms with Crippen LogP contribution in [0, 0.1) is 0 Å². The van der Waals surface area contributed by atoms with Gasteiger partial charge in [-0.15, -0.1) is 0 Å². The number of amides is 1. The summed E-state index contributed by atoms with van der Waals surface area (Å²) in [7, 11) is 1.46. The first-order valence-electron chi connectivity index (χ1n) is 6.68. The fourth-order valence-electron chi connectivity index (χ4n) is 2.17. The maximum Gasteiger partial charge on any atom is 0.331 e. The number of carboxylic acids is 1. The molecule has 0 fully saturated rings. The Morgan fingerprint density at radius 3 is 2.52 bits per heavy atom. The molecule has 0 saturated carbocycles. The number of aliphatic hydroxyl groups excluding tert-OH is 1. The molecule has 0 radical (unpaired) electrons. The van der Waals surface area contributed by atoms with Crippen LogP contribution in [0.4, 0.5) is 0 Å². The quantitative estimate of drug-likeness (QED) is 0.599. The van der Waals surface area contributed by atoms with E-state index in [0.29, 0.717) is 10.1 Å². The standard InChI is InChI=1S/C14H15N3O6/c1-16-10-5-3-2-4-8(10)12(20)17(14(16)23)6-11(19)15-9(7-18)13(21)22/h2-5,9,18H,6-7H2,1H3,(H,15,19)(H,21,22)/t9-/m0/s1. The van der Waals surface area contributed by atoms with Crippen LogP contribution in [-0.2, 0) is 23.2 Å². The van der Waals surface area contributed by atoms with Gasteiger partial charge in [-0.25, -0.2) is 9.59 Å². The molecule has 1 atom stereocenters. The number of aryl methyl sites for hydroxylation is 1. The molecule has 0 aliphatic heterocycles. The van der Waals surface area contributed by atoms with Crippen LogP contribution in [0.25, 0.3) is 10.9 Å². The van der Waals surface area contributed by atoms with Gasteiger partial charge in [0.15, 0.2) is 0 Å². The van der Waals surface area contributed by atoms with Gasteiger partial charge in [0.1, 0.15) is 12.6 Å². The molecule has 0 bridgehead atoms. The van der Waals surface area contributed by atoms with Crippen LogP contribution in [0.3, 0.4) is 0 Å². The molecule has 1 aromatic carbocycles. The van der Waals surface area contributed by atoms with Gasteiger partial charge in [0.2, 0.25) is 5.91 Å². The third kappa shape index (κ3) is 3.14. The summed E-state index contributed by atoms with van der Waals surface area (Å²) in [5.74, 6) is -2.28. The summed E-state index contributed by atoms with van der Waals surface area (Å²) in [5, 5.41) is 20.0. The third-order valence-electron chi connectivity index (χ3n) is 3.38. The van der Waals surface area contributed by atoms with Gasteiger partial charge in [0.25, 0.3) is 5.56 Å². The first-order valence-corrected chi connectivity index (χ1v) is 6.68. The molecule has 0 spiro atoms. The van der Waals surface area contributed by atoms with Crippen LogP contribution in [-0.4, -0.2) is 43.9 Å². The molecule has 0 unspecified atom stereocenters. The Morgan fingerprint density at radius 2 is 1.91 bits per heavy atom. The molecule has 0 aliphatic rings. The summed E-state index contributed by atoms with van der Waals surface area (Å²) >= 11 is 0. The van der Waals surface area contributed by atoms with Crippen LogP contribution in [0.15, 0.2) is 33.9 Å². The number of nitrogens with one attached hydrogen (secondary N) is 1. The van der Waals surface area contributed by atoms with Crippen LogP contribution in [0.2, 0.25) is 0 Å². The second kappa shape index (κ2) is 6.44. The lowest BCUT2D eigenvalue weighted by Crippen LogP contribution is -2.48. The number of carbonyl (C=O) groups is 2. The van der Waals surface area contributed by atoms with Crippen molar-refractivity contribution < 1.29 is 19.8 Å². The summed E-state index contributed by atoms with van der Waals surface area (Å²) in [6, 6.07) is 4.94. The van der Waals surface area contributed by atoms with E-state index in [1.165, 1.54) is 17.7 Å². The number of rotatable bonds is 5. The van der Waals surface area contributed by atoms with Crippen LogP contribution in [0.5, 0.6) is 0 Å². The molecular weight excluding hydrogens is 306 g/mol. The van der Waals surface area contributed by atoms with E-state index in [0.717, 1.165) is 0 Å². The van der Waals surface area contributed by atoms with E-state index in [-0.39, 0.29) is 5.39 Å². The Morgan fingerprint density at radius 1 is 1.26 bits per heavy atom. The number of nitrogens with zero attached hydrogens (tertiary/aromatic N) is 2. The van der Waals surface area contributed by atoms with E-state index in [2.05, 4.69) is 0 Å². The Labute approximate surface area is 129 Å². The van der Waals surface area contributed by atoms with Gasteiger partial charge in [0.05, 0.1) is 17.5 Å². The van der Waals surface area contributed by atoms with Crippen molar-refractivity contribution in [2.45, 2.75) is 12.6 Å². The fourth-order valence-corrected chi connectivity index (χ4v) is 2.17. The molecule has 1 amide bonds. The number of aliphatic hydroxyl groups is 1. The molecule has 2 rings (SSSR count). The summed E-state index contributed by atoms with van der Waals surface area (Å²) < 4.78 is 1.94. The largest absolute Gasteiger partial charge is 0.480 e. The molecule has 9 heteroatoms. The highest BCUT2D eigenvalue weighted by Crippen LogP contribution is 2.05. The predicted octanol–water partition coefficient (Wildman–Crippen LogP) is -1.74. The monoisotopic (exact) mass is 321 g/mol. The number of aliphatic carboxylic acids is 1. The zero-order chi connectivity index (χ0) is 17.1. The number of carboxylic acid groups (broad SMARTS) is 1. The third-order valence-corrected chi connectivity index (χ3v) is 3.38. The summed E-state index contributed by atoms with van der Waals surface area (Å²) in [5.41, 5.74) is -0.910. The molecule has 23 heavy (non-hydrogen) atoms. The van der Waals surface area contributed by atoms with Crippen molar-refractivity contribution in [3.8, 4) is 0 Å². The number of hydrogen-bond acceptors (Lipinski definition) is 5. The number of para-hydroxylation sites is 1. The minimum Gasteiger partial charge on any atom is -0.480 e. The predicted molar refractivity (Wildman–Crippen MR) is 80.1 cm³/mol. The first kappa shape index (κ1) is 16.4. The molecular formula is C14H15N3O6. The lowest BCUT2D eigenvalue weighted by molar-refractivity contribution is -0.143. The van der Waals surface area contributed by atoms with E-state index in [4.69, 9.17) is 10.2 Å². The highest BCUT2D eigenvalue weighted by molar-refractivity contribution is 5.84. The first-order chi connectivity index (χ1) is 10.9. The molecule has 1 heterocycles. The van der Waals surface area contributed by atoms with Gasteiger partial charge < -0.3 is 15.5 Å². The Bertz CT molecular complexity index is 882. The highest BCUT2D eigenvalue weighted by atomic mass is 16.4. The lowest BCUT2D eigenvalue weighted by Gasteiger charge is -2.13. The van der Waals surface area contributed by atoms with Crippen molar-refractivity contribution in [3.05, 3.63) is 45.1 Å². The van der Waals surface area contributed by atoms with Gasteiger partial charge in [-0.1, -0.05) is 12.1 Å². The normalized spacial score (nSPS) is 12.1. The molecule has 3 N–H and O–H groups in total. The van der Waals surface area contributed by atoms with E-state index in [1.54, 1.807) is 18.2 Å². The number of aromatic nitrogens is 2. The number of carbonyl (C=O) groups excluding carboxylic acids is 1. The maximum absolute atomic E-state index is 12.3. The molecule has 122 valence electrons. The van der Waals surface area contributed by atoms with E-state index in [9.17, 15) is 19.2 Å². The average Bonchev–Trinajstić information content (AvgIpc) is 2.54. The number of benzene rings is 1. The molecule has 1 aromatic heterocycles. The SMILES string of the molecule is Cn1c(=O)n(CC(=O)N[C@@H](CO)C(=O)O)c(=O)c2ccccc21.